The molecule has 2 rings (SSSR count). The van der Waals surface area contributed by atoms with Gasteiger partial charge in [-0.05, 0) is 31.9 Å². The summed E-state index contributed by atoms with van der Waals surface area (Å²) in [7, 11) is 0. The van der Waals surface area contributed by atoms with Crippen LogP contribution in [-0.4, -0.2) is 47.8 Å². The number of carbonyl (C=O) groups is 2. The van der Waals surface area contributed by atoms with Crippen LogP contribution in [0, 0.1) is 13.8 Å². The number of carbonyl (C=O) groups excluding carboxylic acids is 2. The Kier molecular flexibility index (Phi) is 4.99. The number of amides is 2. The highest BCUT2D eigenvalue weighted by atomic mass is 16.2. The summed E-state index contributed by atoms with van der Waals surface area (Å²) in [6, 6.07) is 5.93. The summed E-state index contributed by atoms with van der Waals surface area (Å²) in [5.41, 5.74) is 2.96. The maximum Gasteiger partial charge on any atom is 0.254 e. The van der Waals surface area contributed by atoms with Crippen LogP contribution in [0.25, 0.3) is 0 Å². The van der Waals surface area contributed by atoms with E-state index in [1.54, 1.807) is 0 Å². The van der Waals surface area contributed by atoms with Gasteiger partial charge in [-0.2, -0.15) is 0 Å². The predicted octanol–water partition coefficient (Wildman–Crippen LogP) is 2.39. The molecule has 1 fully saturated rings. The Hall–Kier alpha value is -1.84. The minimum atomic E-state index is 0.0818. The number of nitrogens with zero attached hydrogens (tertiary/aromatic N) is 2. The Morgan fingerprint density at radius 3 is 2.38 bits per heavy atom. The van der Waals surface area contributed by atoms with E-state index in [2.05, 4.69) is 0 Å². The molecule has 1 aliphatic heterocycles. The number of benzene rings is 1. The summed E-state index contributed by atoms with van der Waals surface area (Å²) in [6.07, 6.45) is 1.38. The average Bonchev–Trinajstić information content (AvgIpc) is 2.71. The molecular weight excluding hydrogens is 264 g/mol. The second kappa shape index (κ2) is 6.74. The third-order valence-electron chi connectivity index (χ3n) is 4.05. The molecule has 0 saturated carbocycles. The SMILES string of the molecule is CCC(=O)N1CCCN(C(=O)c2ccc(C)cc2C)CC1. The summed E-state index contributed by atoms with van der Waals surface area (Å²) in [4.78, 5) is 28.2. The first-order valence-corrected chi connectivity index (χ1v) is 7.67. The van der Waals surface area contributed by atoms with Gasteiger partial charge >= 0.3 is 0 Å². The van der Waals surface area contributed by atoms with E-state index in [0.29, 0.717) is 19.5 Å². The Balaban J connectivity index is 2.08. The minimum absolute atomic E-state index is 0.0818. The fourth-order valence-electron chi connectivity index (χ4n) is 2.82. The smallest absolute Gasteiger partial charge is 0.254 e. The van der Waals surface area contributed by atoms with Crippen molar-refractivity contribution in [1.82, 2.24) is 9.80 Å². The second-order valence-electron chi connectivity index (χ2n) is 5.70. The van der Waals surface area contributed by atoms with Gasteiger partial charge in [-0.15, -0.1) is 0 Å². The van der Waals surface area contributed by atoms with Gasteiger partial charge in [-0.3, -0.25) is 9.59 Å². The van der Waals surface area contributed by atoms with Crippen LogP contribution in [-0.2, 0) is 4.79 Å². The molecule has 1 saturated heterocycles. The van der Waals surface area contributed by atoms with Crippen molar-refractivity contribution in [1.29, 1.82) is 0 Å². The normalized spacial score (nSPS) is 15.8. The zero-order valence-corrected chi connectivity index (χ0v) is 13.2. The van der Waals surface area contributed by atoms with Crippen molar-refractivity contribution in [2.45, 2.75) is 33.6 Å². The first kappa shape index (κ1) is 15.5. The van der Waals surface area contributed by atoms with Crippen molar-refractivity contribution in [3.05, 3.63) is 34.9 Å². The molecule has 1 heterocycles. The Bertz CT molecular complexity index is 540. The molecule has 0 spiro atoms. The van der Waals surface area contributed by atoms with E-state index in [0.717, 1.165) is 30.6 Å². The van der Waals surface area contributed by atoms with Gasteiger partial charge < -0.3 is 9.80 Å². The molecule has 0 N–H and O–H groups in total. The maximum absolute atomic E-state index is 12.7. The molecule has 0 aromatic heterocycles. The molecule has 2 amide bonds. The van der Waals surface area contributed by atoms with Crippen molar-refractivity contribution in [2.75, 3.05) is 26.2 Å². The first-order chi connectivity index (χ1) is 10.0. The molecule has 4 heteroatoms. The quantitative estimate of drug-likeness (QED) is 0.838. The van der Waals surface area contributed by atoms with Gasteiger partial charge in [0.05, 0.1) is 0 Å². The highest BCUT2D eigenvalue weighted by molar-refractivity contribution is 5.95. The van der Waals surface area contributed by atoms with Crippen LogP contribution in [0.1, 0.15) is 41.3 Å². The molecule has 0 radical (unpaired) electrons. The lowest BCUT2D eigenvalue weighted by Crippen LogP contribution is -2.37. The van der Waals surface area contributed by atoms with Crippen LogP contribution in [0.2, 0.25) is 0 Å². The molecule has 1 aromatic rings. The van der Waals surface area contributed by atoms with Crippen molar-refractivity contribution >= 4 is 11.8 Å². The Labute approximate surface area is 126 Å². The van der Waals surface area contributed by atoms with Crippen LogP contribution in [0.3, 0.4) is 0 Å². The Morgan fingerprint density at radius 1 is 1.05 bits per heavy atom. The molecule has 0 aliphatic carbocycles. The molecule has 114 valence electrons. The van der Waals surface area contributed by atoms with Crippen LogP contribution in [0.15, 0.2) is 18.2 Å². The summed E-state index contributed by atoms with van der Waals surface area (Å²) < 4.78 is 0. The molecule has 4 nitrogen and oxygen atoms in total. The van der Waals surface area contributed by atoms with E-state index in [1.165, 1.54) is 5.56 Å². The van der Waals surface area contributed by atoms with E-state index >= 15 is 0 Å². The van der Waals surface area contributed by atoms with Gasteiger partial charge in [-0.1, -0.05) is 24.6 Å². The van der Waals surface area contributed by atoms with Crippen LogP contribution >= 0.6 is 0 Å². The summed E-state index contributed by atoms with van der Waals surface area (Å²) in [6.45, 7) is 8.63. The third kappa shape index (κ3) is 3.63. The van der Waals surface area contributed by atoms with Crippen molar-refractivity contribution in [3.8, 4) is 0 Å². The molecule has 1 aliphatic rings. The summed E-state index contributed by atoms with van der Waals surface area (Å²) in [5, 5.41) is 0. The van der Waals surface area contributed by atoms with Crippen molar-refractivity contribution in [2.24, 2.45) is 0 Å². The van der Waals surface area contributed by atoms with E-state index in [1.807, 2.05) is 48.8 Å². The minimum Gasteiger partial charge on any atom is -0.341 e. The zero-order chi connectivity index (χ0) is 15.4. The van der Waals surface area contributed by atoms with Crippen LogP contribution < -0.4 is 0 Å². The Morgan fingerprint density at radius 2 is 1.71 bits per heavy atom. The van der Waals surface area contributed by atoms with Crippen molar-refractivity contribution < 1.29 is 9.59 Å². The zero-order valence-electron chi connectivity index (χ0n) is 13.2. The van der Waals surface area contributed by atoms with Gasteiger partial charge in [0.1, 0.15) is 0 Å². The molecule has 0 bridgehead atoms. The molecule has 21 heavy (non-hydrogen) atoms. The highest BCUT2D eigenvalue weighted by Crippen LogP contribution is 2.15. The van der Waals surface area contributed by atoms with Gasteiger partial charge in [0.25, 0.3) is 5.91 Å². The van der Waals surface area contributed by atoms with Crippen LogP contribution in [0.4, 0.5) is 0 Å². The maximum atomic E-state index is 12.7. The van der Waals surface area contributed by atoms with Crippen LogP contribution in [0.5, 0.6) is 0 Å². The second-order valence-corrected chi connectivity index (χ2v) is 5.70. The highest BCUT2D eigenvalue weighted by Gasteiger charge is 2.22. The average molecular weight is 288 g/mol. The van der Waals surface area contributed by atoms with Crippen molar-refractivity contribution in [3.63, 3.8) is 0 Å². The lowest BCUT2D eigenvalue weighted by Gasteiger charge is -2.22. The topological polar surface area (TPSA) is 40.6 Å². The number of hydrogen-bond donors (Lipinski definition) is 0. The van der Waals surface area contributed by atoms with E-state index in [9.17, 15) is 9.59 Å². The van der Waals surface area contributed by atoms with Gasteiger partial charge in [0, 0.05) is 38.2 Å². The van der Waals surface area contributed by atoms with E-state index in [4.69, 9.17) is 0 Å². The largest absolute Gasteiger partial charge is 0.341 e. The van der Waals surface area contributed by atoms with Gasteiger partial charge in [0.15, 0.2) is 0 Å². The summed E-state index contributed by atoms with van der Waals surface area (Å²) in [5.74, 6) is 0.258. The van der Waals surface area contributed by atoms with Gasteiger partial charge in [-0.25, -0.2) is 0 Å². The van der Waals surface area contributed by atoms with Gasteiger partial charge in [0.2, 0.25) is 5.91 Å². The lowest BCUT2D eigenvalue weighted by molar-refractivity contribution is -0.130. The van der Waals surface area contributed by atoms with E-state index in [-0.39, 0.29) is 11.8 Å². The standard InChI is InChI=1S/C17H24N2O2/c1-4-16(20)18-8-5-9-19(11-10-18)17(21)15-7-6-13(2)12-14(15)3/h6-7,12H,4-5,8-11H2,1-3H3. The molecule has 0 unspecified atom stereocenters. The fraction of sp³-hybridized carbons (Fsp3) is 0.529. The fourth-order valence-corrected chi connectivity index (χ4v) is 2.82. The number of aryl methyl sites for hydroxylation is 2. The predicted molar refractivity (Wildman–Crippen MR) is 83.3 cm³/mol. The summed E-state index contributed by atoms with van der Waals surface area (Å²) >= 11 is 0. The monoisotopic (exact) mass is 288 g/mol. The number of hydrogen-bond acceptors (Lipinski definition) is 2. The number of rotatable bonds is 2. The molecule has 1 aromatic carbocycles. The lowest BCUT2D eigenvalue weighted by atomic mass is 10.0. The first-order valence-electron chi connectivity index (χ1n) is 7.67. The third-order valence-corrected chi connectivity index (χ3v) is 4.05. The molecule has 0 atom stereocenters. The van der Waals surface area contributed by atoms with E-state index < -0.39 is 0 Å². The molecular formula is C17H24N2O2.